The minimum atomic E-state index is -0.150. The van der Waals surface area contributed by atoms with E-state index in [2.05, 4.69) is 260 Å². The second-order valence-electron chi connectivity index (χ2n) is 25.7. The van der Waals surface area contributed by atoms with E-state index in [0.29, 0.717) is 0 Å². The first-order valence-electron chi connectivity index (χ1n) is 27.9. The van der Waals surface area contributed by atoms with Gasteiger partial charge < -0.3 is 18.6 Å². The van der Waals surface area contributed by atoms with Gasteiger partial charge in [0.2, 0.25) is 0 Å². The number of hydrogen-bond donors (Lipinski definition) is 0. The number of aromatic nitrogens is 2. The summed E-state index contributed by atoms with van der Waals surface area (Å²) in [6.07, 6.45) is 0. The molecule has 0 unspecified atom stereocenters. The van der Waals surface area contributed by atoms with Crippen LogP contribution >= 0.6 is 0 Å². The maximum Gasteiger partial charge on any atom is 0.256 e. The highest BCUT2D eigenvalue weighted by atomic mass is 16.5. The zero-order chi connectivity index (χ0) is 52.9. The predicted molar refractivity (Wildman–Crippen MR) is 330 cm³/mol. The van der Waals surface area contributed by atoms with Crippen LogP contribution in [0.3, 0.4) is 0 Å². The molecule has 4 aliphatic heterocycles. The van der Waals surface area contributed by atoms with Gasteiger partial charge in [0, 0.05) is 49.6 Å². The van der Waals surface area contributed by atoms with Crippen LogP contribution in [0.2, 0.25) is 0 Å². The van der Waals surface area contributed by atoms with Crippen molar-refractivity contribution < 1.29 is 9.47 Å². The summed E-state index contributed by atoms with van der Waals surface area (Å²) in [6.45, 7) is 20.6. The van der Waals surface area contributed by atoms with Crippen molar-refractivity contribution in [2.45, 2.75) is 78.6 Å². The number of ether oxygens (including phenoxy) is 2. The Balaban J connectivity index is 0.993. The number of para-hydroxylation sites is 1. The van der Waals surface area contributed by atoms with E-state index < -0.39 is 0 Å². The van der Waals surface area contributed by atoms with Gasteiger partial charge in [-0.2, -0.15) is 0 Å². The van der Waals surface area contributed by atoms with E-state index in [-0.39, 0.29) is 29.7 Å². The lowest BCUT2D eigenvalue weighted by Crippen LogP contribution is -2.61. The van der Waals surface area contributed by atoms with E-state index in [9.17, 15) is 0 Å². The van der Waals surface area contributed by atoms with Gasteiger partial charge in [0.1, 0.15) is 23.0 Å². The monoisotopic (exact) mass is 1000 g/mol. The Morgan fingerprint density at radius 3 is 1.54 bits per heavy atom. The molecule has 0 N–H and O–H groups in total. The predicted octanol–water partition coefficient (Wildman–Crippen LogP) is 14.6. The molecule has 0 amide bonds. The number of fused-ring (bicyclic) bond motifs is 15. The fourth-order valence-corrected chi connectivity index (χ4v) is 13.9. The third-order valence-electron chi connectivity index (χ3n) is 17.9. The lowest BCUT2D eigenvalue weighted by Gasteiger charge is -2.38. The van der Waals surface area contributed by atoms with Crippen molar-refractivity contribution in [1.29, 1.82) is 0 Å². The van der Waals surface area contributed by atoms with Crippen LogP contribution in [0.5, 0.6) is 23.0 Å². The number of rotatable bonds is 3. The van der Waals surface area contributed by atoms with Crippen LogP contribution in [0, 0.1) is 0 Å². The van der Waals surface area contributed by atoms with Crippen LogP contribution in [-0.2, 0) is 16.2 Å². The Morgan fingerprint density at radius 1 is 0.333 bits per heavy atom. The van der Waals surface area contributed by atoms with Gasteiger partial charge in [0.15, 0.2) is 0 Å². The van der Waals surface area contributed by atoms with Crippen LogP contribution in [0.15, 0.2) is 188 Å². The first kappa shape index (κ1) is 45.7. The Bertz CT molecular complexity index is 4600. The molecule has 12 aromatic rings. The zero-order valence-corrected chi connectivity index (χ0v) is 45.8. The highest BCUT2D eigenvalue weighted by molar-refractivity contribution is 7.01. The molecule has 0 atom stereocenters. The van der Waals surface area contributed by atoms with Gasteiger partial charge in [-0.05, 0) is 155 Å². The molecule has 0 saturated carbocycles. The molecule has 0 fully saturated rings. The van der Waals surface area contributed by atoms with Crippen molar-refractivity contribution in [3.05, 3.63) is 205 Å². The average molecular weight is 1000 g/mol. The number of nitrogens with zero attached hydrogens (tertiary/aromatic N) is 2. The molecule has 0 spiro atoms. The van der Waals surface area contributed by atoms with Crippen molar-refractivity contribution in [2.24, 2.45) is 0 Å². The molecule has 0 aliphatic carbocycles. The quantitative estimate of drug-likeness (QED) is 0.165. The van der Waals surface area contributed by atoms with E-state index in [1.807, 2.05) is 0 Å². The molecule has 4 nitrogen and oxygen atoms in total. The van der Waals surface area contributed by atoms with E-state index in [0.717, 1.165) is 61.9 Å². The lowest BCUT2D eigenvalue weighted by molar-refractivity contribution is 0.477. The smallest absolute Gasteiger partial charge is 0.256 e. The van der Waals surface area contributed by atoms with E-state index in [1.165, 1.54) is 99.0 Å². The van der Waals surface area contributed by atoms with Crippen molar-refractivity contribution >= 4 is 89.8 Å². The molecule has 0 saturated heterocycles. The van der Waals surface area contributed by atoms with Crippen molar-refractivity contribution in [2.75, 3.05) is 0 Å². The second-order valence-corrected chi connectivity index (χ2v) is 25.7. The standard InChI is InChI=1S/C72H58B2N2O2/c1-70(2,3)45-27-24-43(25-28-45)48-30-33-61-64-68(48)77-63-39-55-62(40-56(63)74(64)57-37-47(72(7,8)9)36-52-51-35-46(71(4,5)6)29-32-59(51)76(61)66(52)57)78-69-49(42-20-14-11-15-21-42)38-53-50-34-44(41-18-12-10-13-19-41)26-31-58(50)75-60-23-17-16-22-54(60)73(55)65(69)67(53)75/h10-40H,1-9H3. The topological polar surface area (TPSA) is 28.3 Å². The van der Waals surface area contributed by atoms with Gasteiger partial charge in [0.25, 0.3) is 13.4 Å². The average Bonchev–Trinajstić information content (AvgIpc) is 4.02. The van der Waals surface area contributed by atoms with Crippen LogP contribution in [0.25, 0.3) is 88.4 Å². The Hall–Kier alpha value is -8.47. The summed E-state index contributed by atoms with van der Waals surface area (Å²) in [5, 5.41) is 5.03. The normalized spacial score (nSPS) is 13.9. The lowest BCUT2D eigenvalue weighted by atomic mass is 9.32. The van der Waals surface area contributed by atoms with E-state index in [1.54, 1.807) is 0 Å². The summed E-state index contributed by atoms with van der Waals surface area (Å²) in [5.74, 6) is 3.59. The molecule has 10 aromatic carbocycles. The van der Waals surface area contributed by atoms with Crippen LogP contribution in [0.1, 0.15) is 79.0 Å². The first-order valence-corrected chi connectivity index (χ1v) is 27.9. The van der Waals surface area contributed by atoms with Crippen LogP contribution in [0.4, 0.5) is 0 Å². The zero-order valence-electron chi connectivity index (χ0n) is 45.8. The molecule has 0 bridgehead atoms. The Morgan fingerprint density at radius 2 is 0.859 bits per heavy atom. The number of hydrogen-bond acceptors (Lipinski definition) is 2. The largest absolute Gasteiger partial charge is 0.458 e. The summed E-state index contributed by atoms with van der Waals surface area (Å²) in [6, 6.07) is 70.9. The molecule has 16 rings (SSSR count). The van der Waals surface area contributed by atoms with Crippen LogP contribution < -0.4 is 42.3 Å². The van der Waals surface area contributed by atoms with Gasteiger partial charge in [-0.25, -0.2) is 0 Å². The molecule has 78 heavy (non-hydrogen) atoms. The molecule has 6 heterocycles. The van der Waals surface area contributed by atoms with Crippen molar-refractivity contribution in [3.8, 4) is 67.8 Å². The van der Waals surface area contributed by atoms with Gasteiger partial charge >= 0.3 is 0 Å². The minimum Gasteiger partial charge on any atom is -0.458 e. The molecule has 2 aromatic heterocycles. The highest BCUT2D eigenvalue weighted by Crippen LogP contribution is 2.48. The highest BCUT2D eigenvalue weighted by Gasteiger charge is 2.47. The Labute approximate surface area is 457 Å². The van der Waals surface area contributed by atoms with Crippen molar-refractivity contribution in [3.63, 3.8) is 0 Å². The van der Waals surface area contributed by atoms with Gasteiger partial charge in [-0.1, -0.05) is 184 Å². The first-order chi connectivity index (χ1) is 37.6. The van der Waals surface area contributed by atoms with Gasteiger partial charge in [-0.15, -0.1) is 0 Å². The van der Waals surface area contributed by atoms with Crippen LogP contribution in [-0.4, -0.2) is 22.6 Å². The molecular weight excluding hydrogens is 946 g/mol. The Kier molecular flexibility index (Phi) is 9.14. The second kappa shape index (κ2) is 15.6. The van der Waals surface area contributed by atoms with E-state index in [4.69, 9.17) is 9.47 Å². The summed E-state index contributed by atoms with van der Waals surface area (Å²) in [7, 11) is 0. The molecular formula is C72H58B2N2O2. The summed E-state index contributed by atoms with van der Waals surface area (Å²) in [4.78, 5) is 0. The molecule has 0 radical (unpaired) electrons. The maximum absolute atomic E-state index is 7.73. The minimum absolute atomic E-state index is 0.0147. The third kappa shape index (κ3) is 6.32. The SMILES string of the molecule is CC(C)(C)c1ccc(-c2ccc3c4c2Oc2cc5c(cc2B4c2cc(C(C)(C)C)cc4c6cc(C(C)(C)C)ccc6n-3c24)Oc2c(-c3ccccc3)cc3c4cc(-c6ccccc6)ccc4n4c3c2B5c2ccccc2-4)cc1. The maximum atomic E-state index is 7.73. The summed E-state index contributed by atoms with van der Waals surface area (Å²) in [5.41, 5.74) is 25.1. The van der Waals surface area contributed by atoms with Gasteiger partial charge in [0.05, 0.1) is 16.6 Å². The fourth-order valence-electron chi connectivity index (χ4n) is 13.9. The third-order valence-corrected chi connectivity index (χ3v) is 17.9. The summed E-state index contributed by atoms with van der Waals surface area (Å²) < 4.78 is 20.5. The molecule has 374 valence electrons. The fraction of sp³-hybridized carbons (Fsp3) is 0.167. The van der Waals surface area contributed by atoms with Gasteiger partial charge in [-0.3, -0.25) is 0 Å². The number of benzene rings is 10. The summed E-state index contributed by atoms with van der Waals surface area (Å²) >= 11 is 0. The van der Waals surface area contributed by atoms with E-state index >= 15 is 0 Å². The van der Waals surface area contributed by atoms with Crippen molar-refractivity contribution in [1.82, 2.24) is 9.13 Å². The molecule has 4 aliphatic rings. The molecule has 6 heteroatoms.